The van der Waals surface area contributed by atoms with Gasteiger partial charge in [-0.05, 0) is 75.6 Å². The molecule has 2 saturated heterocycles. The zero-order valence-electron chi connectivity index (χ0n) is 28.2. The van der Waals surface area contributed by atoms with Crippen LogP contribution in [0.2, 0.25) is 0 Å². The first kappa shape index (κ1) is 33.5. The monoisotopic (exact) mass is 658 g/mol. The molecule has 1 aliphatic carbocycles. The number of carbonyl (C=O) groups is 3. The third-order valence-electron chi connectivity index (χ3n) is 9.09. The van der Waals surface area contributed by atoms with Crippen LogP contribution < -0.4 is 20.1 Å². The number of hydrogen-bond donors (Lipinski definition) is 2. The van der Waals surface area contributed by atoms with Gasteiger partial charge < -0.3 is 34.5 Å². The van der Waals surface area contributed by atoms with Crippen molar-refractivity contribution in [3.63, 3.8) is 0 Å². The molecule has 0 unspecified atom stereocenters. The third-order valence-corrected chi connectivity index (χ3v) is 9.09. The lowest BCUT2D eigenvalue weighted by molar-refractivity contribution is -0.141. The van der Waals surface area contributed by atoms with Crippen molar-refractivity contribution in [2.24, 2.45) is 5.92 Å². The van der Waals surface area contributed by atoms with Crippen molar-refractivity contribution < 1.29 is 33.3 Å². The maximum Gasteiger partial charge on any atom is 0.408 e. The van der Waals surface area contributed by atoms with Crippen molar-refractivity contribution >= 4 is 28.7 Å². The van der Waals surface area contributed by atoms with Crippen molar-refractivity contribution in [2.45, 2.75) is 89.1 Å². The van der Waals surface area contributed by atoms with Gasteiger partial charge in [0.1, 0.15) is 29.5 Å². The molecule has 1 aromatic heterocycles. The summed E-state index contributed by atoms with van der Waals surface area (Å²) in [7, 11) is 1.62. The fourth-order valence-electron chi connectivity index (χ4n) is 6.55. The zero-order chi connectivity index (χ0) is 33.8. The number of alkyl carbamates (subject to hydrolysis) is 1. The van der Waals surface area contributed by atoms with E-state index in [1.807, 2.05) is 54.6 Å². The fourth-order valence-corrected chi connectivity index (χ4v) is 6.55. The van der Waals surface area contributed by atoms with Crippen molar-refractivity contribution in [3.05, 3.63) is 54.6 Å². The molecule has 3 amide bonds. The van der Waals surface area contributed by atoms with Gasteiger partial charge in [-0.15, -0.1) is 0 Å². The molecule has 3 aromatic rings. The second-order valence-corrected chi connectivity index (χ2v) is 14.0. The normalized spacial score (nSPS) is 25.2. The maximum absolute atomic E-state index is 14.2. The average molecular weight is 659 g/mol. The van der Waals surface area contributed by atoms with Gasteiger partial charge in [-0.1, -0.05) is 43.2 Å². The number of pyridine rings is 1. The summed E-state index contributed by atoms with van der Waals surface area (Å²) >= 11 is 0. The number of rotatable bonds is 5. The van der Waals surface area contributed by atoms with Crippen molar-refractivity contribution in [3.8, 4) is 22.9 Å². The highest BCUT2D eigenvalue weighted by Crippen LogP contribution is 2.37. The predicted molar refractivity (Wildman–Crippen MR) is 181 cm³/mol. The van der Waals surface area contributed by atoms with E-state index in [1.165, 1.54) is 4.90 Å². The van der Waals surface area contributed by atoms with E-state index in [0.29, 0.717) is 24.2 Å². The van der Waals surface area contributed by atoms with Gasteiger partial charge in [0, 0.05) is 30.0 Å². The Labute approximate surface area is 281 Å². The molecule has 11 nitrogen and oxygen atoms in total. The number of aromatic nitrogens is 1. The molecule has 2 N–H and O–H groups in total. The molecule has 0 spiro atoms. The number of hydrogen-bond acceptors (Lipinski definition) is 8. The van der Waals surface area contributed by atoms with Gasteiger partial charge in [-0.3, -0.25) is 9.59 Å². The Morgan fingerprint density at radius 2 is 1.85 bits per heavy atom. The van der Waals surface area contributed by atoms with Gasteiger partial charge in [0.25, 0.3) is 0 Å². The number of carbonyl (C=O) groups excluding carboxylic acids is 3. The molecule has 256 valence electrons. The smallest absolute Gasteiger partial charge is 0.408 e. The van der Waals surface area contributed by atoms with E-state index in [4.69, 9.17) is 23.9 Å². The van der Waals surface area contributed by atoms with Crippen LogP contribution in [0.1, 0.15) is 59.3 Å². The number of fused-ring (bicyclic) bond motifs is 3. The van der Waals surface area contributed by atoms with E-state index in [2.05, 4.69) is 10.6 Å². The van der Waals surface area contributed by atoms with Gasteiger partial charge >= 0.3 is 6.09 Å². The number of amides is 3. The molecule has 2 aliphatic heterocycles. The van der Waals surface area contributed by atoms with Crippen molar-refractivity contribution in [2.75, 3.05) is 26.9 Å². The van der Waals surface area contributed by atoms with E-state index < -0.39 is 35.8 Å². The first-order valence-electron chi connectivity index (χ1n) is 17.0. The first-order chi connectivity index (χ1) is 23.1. The summed E-state index contributed by atoms with van der Waals surface area (Å²) in [5.74, 6) is 0.928. The Bertz CT molecular complexity index is 1630. The summed E-state index contributed by atoms with van der Waals surface area (Å²) in [5.41, 5.74) is 0.903. The molecule has 3 fully saturated rings. The zero-order valence-corrected chi connectivity index (χ0v) is 28.2. The van der Waals surface area contributed by atoms with Crippen LogP contribution in [0, 0.1) is 5.92 Å². The summed E-state index contributed by atoms with van der Waals surface area (Å²) in [6.45, 7) is 5.85. The second kappa shape index (κ2) is 14.4. The number of methoxy groups -OCH3 is 1. The Hall–Kier alpha value is -4.38. The van der Waals surface area contributed by atoms with E-state index in [1.54, 1.807) is 27.9 Å². The molecule has 6 rings (SSSR count). The Morgan fingerprint density at radius 3 is 2.62 bits per heavy atom. The Morgan fingerprint density at radius 1 is 1.04 bits per heavy atom. The molecule has 0 radical (unpaired) electrons. The van der Waals surface area contributed by atoms with Crippen LogP contribution in [0.4, 0.5) is 4.79 Å². The molecular weight excluding hydrogens is 612 g/mol. The lowest BCUT2D eigenvalue weighted by Gasteiger charge is -2.29. The molecule has 3 aliphatic rings. The summed E-state index contributed by atoms with van der Waals surface area (Å²) in [6.07, 6.45) is 3.91. The van der Waals surface area contributed by atoms with Gasteiger partial charge in [0.05, 0.1) is 26.0 Å². The third kappa shape index (κ3) is 8.18. The molecule has 5 atom stereocenters. The van der Waals surface area contributed by atoms with Crippen molar-refractivity contribution in [1.82, 2.24) is 20.5 Å². The predicted octanol–water partition coefficient (Wildman–Crippen LogP) is 5.25. The Kier molecular flexibility index (Phi) is 10.1. The molecule has 11 heteroatoms. The van der Waals surface area contributed by atoms with Crippen LogP contribution >= 0.6 is 0 Å². The van der Waals surface area contributed by atoms with Gasteiger partial charge in [-0.2, -0.15) is 0 Å². The largest absolute Gasteiger partial charge is 0.497 e. The average Bonchev–Trinajstić information content (AvgIpc) is 3.65. The minimum atomic E-state index is -1.04. The molecule has 2 aromatic carbocycles. The van der Waals surface area contributed by atoms with E-state index in [0.717, 1.165) is 54.1 Å². The minimum Gasteiger partial charge on any atom is -0.497 e. The molecular formula is C37H46N4O7. The molecule has 3 heterocycles. The highest BCUT2D eigenvalue weighted by Gasteiger charge is 2.46. The van der Waals surface area contributed by atoms with Gasteiger partial charge in [0.15, 0.2) is 0 Å². The molecule has 1 saturated carbocycles. The van der Waals surface area contributed by atoms with Crippen LogP contribution in [0.5, 0.6) is 11.6 Å². The number of ether oxygens (including phenoxy) is 4. The SMILES string of the molecule is COc1ccc2c(O[C@@H]3C[C@H]4C(=O)N[C@@H]5C[C@H]5CCCCCOC[C@H](NC(=O)OC(C)(C)C)C(=O)N4C3)nc(-c3ccccc3)cc2c1. The number of benzene rings is 2. The van der Waals surface area contributed by atoms with Gasteiger partial charge in [0.2, 0.25) is 17.7 Å². The highest BCUT2D eigenvalue weighted by atomic mass is 16.6. The van der Waals surface area contributed by atoms with E-state index >= 15 is 0 Å². The Balaban J connectivity index is 1.30. The van der Waals surface area contributed by atoms with Crippen molar-refractivity contribution in [1.29, 1.82) is 0 Å². The quantitative estimate of drug-likeness (QED) is 0.381. The van der Waals surface area contributed by atoms with Crippen LogP contribution in [0.3, 0.4) is 0 Å². The van der Waals surface area contributed by atoms with Crippen LogP contribution in [-0.4, -0.2) is 84.5 Å². The number of nitrogens with zero attached hydrogens (tertiary/aromatic N) is 2. The fraction of sp³-hybridized carbons (Fsp3) is 0.514. The van der Waals surface area contributed by atoms with Crippen LogP contribution in [0.15, 0.2) is 54.6 Å². The lowest BCUT2D eigenvalue weighted by Crippen LogP contribution is -2.55. The van der Waals surface area contributed by atoms with Crippen LogP contribution in [-0.2, 0) is 19.1 Å². The molecule has 48 heavy (non-hydrogen) atoms. The first-order valence-corrected chi connectivity index (χ1v) is 17.0. The summed E-state index contributed by atoms with van der Waals surface area (Å²) < 4.78 is 23.5. The summed E-state index contributed by atoms with van der Waals surface area (Å²) in [5, 5.41) is 7.59. The van der Waals surface area contributed by atoms with Crippen LogP contribution in [0.25, 0.3) is 22.0 Å². The topological polar surface area (TPSA) is 128 Å². The van der Waals surface area contributed by atoms with E-state index in [-0.39, 0.29) is 31.5 Å². The highest BCUT2D eigenvalue weighted by molar-refractivity contribution is 5.93. The number of nitrogens with one attached hydrogen (secondary N) is 2. The minimum absolute atomic E-state index is 0.0349. The summed E-state index contributed by atoms with van der Waals surface area (Å²) in [6, 6.07) is 15.8. The lowest BCUT2D eigenvalue weighted by atomic mass is 10.1. The second-order valence-electron chi connectivity index (χ2n) is 14.0. The summed E-state index contributed by atoms with van der Waals surface area (Å²) in [4.78, 5) is 47.3. The maximum atomic E-state index is 14.2. The van der Waals surface area contributed by atoms with E-state index in [9.17, 15) is 14.4 Å². The molecule has 0 bridgehead atoms. The van der Waals surface area contributed by atoms with Gasteiger partial charge in [-0.25, -0.2) is 9.78 Å². The standard InChI is InChI=1S/C37H46N4O7/c1-37(2,3)48-36(44)40-31-22-46-16-10-6-9-13-24-18-30(24)38-33(42)32-20-27(21-41(32)35(31)43)47-34-28-15-14-26(45-4)17-25(28)19-29(39-34)23-11-7-5-8-12-23/h5,7-8,11-12,14-15,17,19,24,27,30-32H,6,9-10,13,16,18,20-22H2,1-4H3,(H,38,42)(H,40,44)/t24-,27-,30-,31+,32+/m1/s1.